The second kappa shape index (κ2) is 6.60. The van der Waals surface area contributed by atoms with Gasteiger partial charge in [0.1, 0.15) is 11.3 Å². The normalized spacial score (nSPS) is 19.5. The van der Waals surface area contributed by atoms with Gasteiger partial charge in [0.25, 0.3) is 10.0 Å². The fourth-order valence-electron chi connectivity index (χ4n) is 4.48. The van der Waals surface area contributed by atoms with Gasteiger partial charge in [0.15, 0.2) is 5.65 Å². The number of aromatic nitrogens is 4. The van der Waals surface area contributed by atoms with Gasteiger partial charge < -0.3 is 4.57 Å². The van der Waals surface area contributed by atoms with Crippen molar-refractivity contribution in [3.8, 4) is 0 Å². The van der Waals surface area contributed by atoms with E-state index in [1.165, 1.54) is 24.5 Å². The van der Waals surface area contributed by atoms with E-state index >= 15 is 0 Å². The highest BCUT2D eigenvalue weighted by molar-refractivity contribution is 7.90. The zero-order valence-electron chi connectivity index (χ0n) is 16.3. The smallest absolute Gasteiger partial charge is 0.269 e. The van der Waals surface area contributed by atoms with Gasteiger partial charge in [-0.2, -0.15) is 0 Å². The lowest BCUT2D eigenvalue weighted by Crippen LogP contribution is -2.28. The third kappa shape index (κ3) is 2.91. The van der Waals surface area contributed by atoms with E-state index in [0.717, 1.165) is 3.97 Å². The molecule has 1 saturated carbocycles. The molecule has 6 nitrogen and oxygen atoms in total. The maximum atomic E-state index is 14.1. The van der Waals surface area contributed by atoms with Crippen molar-refractivity contribution in [2.75, 3.05) is 0 Å². The highest BCUT2D eigenvalue weighted by Gasteiger charge is 2.38. The predicted octanol–water partition coefficient (Wildman–Crippen LogP) is 4.68. The standard InChI is InChI=1S/C21H20F2N4O2S/c1-14-25-18-13-24-20-17(19(18)27(14)15-6-5-10-21(22,23)12-15)9-11-26(20)30(28,29)16-7-3-2-4-8-16/h2-4,7-9,11,13,15H,5-6,10,12H2,1H3. The maximum Gasteiger partial charge on any atom is 0.269 e. The molecule has 3 aromatic heterocycles. The number of benzene rings is 1. The van der Waals surface area contributed by atoms with E-state index in [0.29, 0.717) is 35.1 Å². The number of imidazole rings is 1. The molecule has 1 unspecified atom stereocenters. The molecule has 1 aliphatic carbocycles. The van der Waals surface area contributed by atoms with Gasteiger partial charge in [-0.1, -0.05) is 18.2 Å². The number of hydrogen-bond donors (Lipinski definition) is 0. The number of halogens is 2. The molecule has 0 saturated heterocycles. The first-order valence-electron chi connectivity index (χ1n) is 9.81. The van der Waals surface area contributed by atoms with Gasteiger partial charge in [-0.3, -0.25) is 0 Å². The molecule has 4 aromatic rings. The van der Waals surface area contributed by atoms with Gasteiger partial charge in [-0.15, -0.1) is 0 Å². The summed E-state index contributed by atoms with van der Waals surface area (Å²) in [6, 6.07) is 9.40. The van der Waals surface area contributed by atoms with Crippen molar-refractivity contribution in [2.24, 2.45) is 0 Å². The van der Waals surface area contributed by atoms with E-state index < -0.39 is 22.0 Å². The van der Waals surface area contributed by atoms with Crippen LogP contribution in [0.25, 0.3) is 22.1 Å². The summed E-state index contributed by atoms with van der Waals surface area (Å²) in [6.07, 6.45) is 3.70. The summed E-state index contributed by atoms with van der Waals surface area (Å²) >= 11 is 0. The van der Waals surface area contributed by atoms with Gasteiger partial charge in [0, 0.05) is 30.5 Å². The first kappa shape index (κ1) is 19.2. The number of rotatable bonds is 3. The molecular formula is C21H20F2N4O2S. The minimum atomic E-state index is -3.84. The Kier molecular flexibility index (Phi) is 4.22. The summed E-state index contributed by atoms with van der Waals surface area (Å²) in [5.74, 6) is -2.08. The zero-order valence-corrected chi connectivity index (χ0v) is 17.1. The minimum Gasteiger partial charge on any atom is -0.324 e. The van der Waals surface area contributed by atoms with Crippen LogP contribution in [-0.2, 0) is 10.0 Å². The Morgan fingerprint density at radius 3 is 2.67 bits per heavy atom. The van der Waals surface area contributed by atoms with Crippen LogP contribution in [0.4, 0.5) is 8.78 Å². The average Bonchev–Trinajstić information content (AvgIpc) is 3.28. The summed E-state index contributed by atoms with van der Waals surface area (Å²) in [5, 5.41) is 0.585. The molecule has 0 aliphatic heterocycles. The van der Waals surface area contributed by atoms with Crippen LogP contribution < -0.4 is 0 Å². The molecule has 0 amide bonds. The predicted molar refractivity (Wildman–Crippen MR) is 109 cm³/mol. The van der Waals surface area contributed by atoms with E-state index in [1.54, 1.807) is 31.2 Å². The van der Waals surface area contributed by atoms with Crippen LogP contribution in [0.2, 0.25) is 0 Å². The van der Waals surface area contributed by atoms with Gasteiger partial charge >= 0.3 is 0 Å². The Hall–Kier alpha value is -2.81. The summed E-state index contributed by atoms with van der Waals surface area (Å²) in [4.78, 5) is 9.02. The number of fused-ring (bicyclic) bond motifs is 3. The van der Waals surface area contributed by atoms with E-state index in [9.17, 15) is 17.2 Å². The molecule has 0 radical (unpaired) electrons. The van der Waals surface area contributed by atoms with Crippen molar-refractivity contribution in [3.05, 3.63) is 54.6 Å². The molecule has 0 N–H and O–H groups in total. The SMILES string of the molecule is Cc1nc2cnc3c(ccn3S(=O)(=O)c3ccccc3)c2n1C1CCCC(F)(F)C1. The summed E-state index contributed by atoms with van der Waals surface area (Å²) in [5.41, 5.74) is 1.49. The topological polar surface area (TPSA) is 69.8 Å². The Balaban J connectivity index is 1.72. The number of aryl methyl sites for hydroxylation is 1. The molecule has 1 atom stereocenters. The highest BCUT2D eigenvalue weighted by atomic mass is 32.2. The maximum absolute atomic E-state index is 14.1. The number of hydrogen-bond acceptors (Lipinski definition) is 4. The second-order valence-electron chi connectivity index (χ2n) is 7.79. The van der Waals surface area contributed by atoms with Gasteiger partial charge in [-0.25, -0.2) is 31.1 Å². The molecule has 1 aromatic carbocycles. The third-order valence-electron chi connectivity index (χ3n) is 5.78. The Labute approximate surface area is 172 Å². The number of nitrogens with zero attached hydrogens (tertiary/aromatic N) is 4. The summed E-state index contributed by atoms with van der Waals surface area (Å²) in [6.45, 7) is 1.79. The number of alkyl halides is 2. The second-order valence-corrected chi connectivity index (χ2v) is 9.61. The lowest BCUT2D eigenvalue weighted by atomic mass is 9.91. The molecule has 1 fully saturated rings. The average molecular weight is 430 g/mol. The van der Waals surface area contributed by atoms with Crippen molar-refractivity contribution >= 4 is 32.1 Å². The largest absolute Gasteiger partial charge is 0.324 e. The highest BCUT2D eigenvalue weighted by Crippen LogP contribution is 2.41. The van der Waals surface area contributed by atoms with Crippen LogP contribution in [0.15, 0.2) is 53.7 Å². The molecule has 30 heavy (non-hydrogen) atoms. The van der Waals surface area contributed by atoms with Crippen molar-refractivity contribution in [1.82, 2.24) is 18.5 Å². The molecule has 0 spiro atoms. The molecule has 0 bridgehead atoms. The first-order valence-corrected chi connectivity index (χ1v) is 11.2. The fraction of sp³-hybridized carbons (Fsp3) is 0.333. The lowest BCUT2D eigenvalue weighted by molar-refractivity contribution is -0.0492. The molecule has 3 heterocycles. The van der Waals surface area contributed by atoms with Crippen molar-refractivity contribution in [2.45, 2.75) is 49.5 Å². The van der Waals surface area contributed by atoms with Gasteiger partial charge in [0.2, 0.25) is 5.92 Å². The molecule has 1 aliphatic rings. The van der Waals surface area contributed by atoms with Crippen molar-refractivity contribution < 1.29 is 17.2 Å². The van der Waals surface area contributed by atoms with E-state index in [2.05, 4.69) is 9.97 Å². The lowest BCUT2D eigenvalue weighted by Gasteiger charge is -2.31. The van der Waals surface area contributed by atoms with Crippen LogP contribution in [0.1, 0.15) is 37.5 Å². The number of pyridine rings is 1. The van der Waals surface area contributed by atoms with Crippen LogP contribution in [0, 0.1) is 6.92 Å². The summed E-state index contributed by atoms with van der Waals surface area (Å²) < 4.78 is 57.4. The van der Waals surface area contributed by atoms with Crippen LogP contribution in [0.3, 0.4) is 0 Å². The molecule has 5 rings (SSSR count). The molecular weight excluding hydrogens is 410 g/mol. The fourth-order valence-corrected chi connectivity index (χ4v) is 5.80. The van der Waals surface area contributed by atoms with E-state index in [-0.39, 0.29) is 23.4 Å². The zero-order chi connectivity index (χ0) is 21.1. The summed E-state index contributed by atoms with van der Waals surface area (Å²) in [7, 11) is -3.84. The van der Waals surface area contributed by atoms with Crippen LogP contribution in [0.5, 0.6) is 0 Å². The molecule has 156 valence electrons. The Morgan fingerprint density at radius 2 is 1.93 bits per heavy atom. The Bertz CT molecular complexity index is 1360. The van der Waals surface area contributed by atoms with Crippen molar-refractivity contribution in [1.29, 1.82) is 0 Å². The van der Waals surface area contributed by atoms with Crippen LogP contribution >= 0.6 is 0 Å². The molecule has 9 heteroatoms. The monoisotopic (exact) mass is 430 g/mol. The van der Waals surface area contributed by atoms with E-state index in [1.807, 2.05) is 4.57 Å². The Morgan fingerprint density at radius 1 is 1.17 bits per heavy atom. The van der Waals surface area contributed by atoms with E-state index in [4.69, 9.17) is 0 Å². The quantitative estimate of drug-likeness (QED) is 0.473. The first-order chi connectivity index (χ1) is 14.3. The third-order valence-corrected chi connectivity index (χ3v) is 7.46. The minimum absolute atomic E-state index is 0.0994. The van der Waals surface area contributed by atoms with Crippen LogP contribution in [-0.4, -0.2) is 32.8 Å². The van der Waals surface area contributed by atoms with Gasteiger partial charge in [-0.05, 0) is 38.0 Å². The van der Waals surface area contributed by atoms with Gasteiger partial charge in [0.05, 0.1) is 16.6 Å². The van der Waals surface area contributed by atoms with Crippen molar-refractivity contribution in [3.63, 3.8) is 0 Å².